The first-order valence-corrected chi connectivity index (χ1v) is 13.5. The molecule has 4 bridgehead atoms. The van der Waals surface area contributed by atoms with Crippen LogP contribution >= 0.6 is 15.9 Å². The summed E-state index contributed by atoms with van der Waals surface area (Å²) in [5, 5.41) is 0. The monoisotopic (exact) mass is 493 g/mol. The Balaban J connectivity index is 1.11. The fourth-order valence-electron chi connectivity index (χ4n) is 8.29. The van der Waals surface area contributed by atoms with Gasteiger partial charge in [0.05, 0.1) is 6.54 Å². The molecule has 2 amide bonds. The first-order chi connectivity index (χ1) is 14.7. The lowest BCUT2D eigenvalue weighted by Gasteiger charge is -2.60. The SMILES string of the molecule is CC1CC(C)CN(C(=O)CN2CCN(C(=O)CC34CC5CC(CC(Br)(C5)C3)C4)CC2)C1. The lowest BCUT2D eigenvalue weighted by molar-refractivity contribution is -0.141. The average molecular weight is 495 g/mol. The molecule has 0 radical (unpaired) electrons. The first-order valence-electron chi connectivity index (χ1n) is 12.7. The van der Waals surface area contributed by atoms with E-state index in [1.54, 1.807) is 0 Å². The van der Waals surface area contributed by atoms with Crippen molar-refractivity contribution in [2.75, 3.05) is 45.8 Å². The second-order valence-electron chi connectivity index (χ2n) is 12.2. The average Bonchev–Trinajstić information content (AvgIpc) is 2.65. The number of piperazine rings is 1. The van der Waals surface area contributed by atoms with Gasteiger partial charge in [-0.25, -0.2) is 0 Å². The van der Waals surface area contributed by atoms with Crippen molar-refractivity contribution in [2.24, 2.45) is 29.1 Å². The molecule has 2 heterocycles. The molecule has 2 saturated heterocycles. The van der Waals surface area contributed by atoms with Gasteiger partial charge in [0.2, 0.25) is 11.8 Å². The summed E-state index contributed by atoms with van der Waals surface area (Å²) in [6.07, 6.45) is 9.74. The van der Waals surface area contributed by atoms with Gasteiger partial charge in [-0.1, -0.05) is 29.8 Å². The molecule has 31 heavy (non-hydrogen) atoms. The second-order valence-corrected chi connectivity index (χ2v) is 13.9. The number of halogens is 1. The Morgan fingerprint density at radius 3 is 2.03 bits per heavy atom. The number of alkyl halides is 1. The molecule has 4 unspecified atom stereocenters. The third-order valence-electron chi connectivity index (χ3n) is 8.94. The fourth-order valence-corrected chi connectivity index (χ4v) is 9.80. The van der Waals surface area contributed by atoms with E-state index in [2.05, 4.69) is 44.5 Å². The van der Waals surface area contributed by atoms with Crippen LogP contribution in [0.15, 0.2) is 0 Å². The van der Waals surface area contributed by atoms with Gasteiger partial charge in [-0.05, 0) is 74.0 Å². The third kappa shape index (κ3) is 4.71. The molecule has 4 aliphatic carbocycles. The highest BCUT2D eigenvalue weighted by atomic mass is 79.9. The zero-order valence-corrected chi connectivity index (χ0v) is 21.0. The number of hydrogen-bond acceptors (Lipinski definition) is 3. The molecule has 0 aromatic carbocycles. The predicted octanol–water partition coefficient (Wildman–Crippen LogP) is 3.76. The van der Waals surface area contributed by atoms with Crippen LogP contribution in [0.3, 0.4) is 0 Å². The lowest BCUT2D eigenvalue weighted by atomic mass is 9.48. The summed E-state index contributed by atoms with van der Waals surface area (Å²) in [5.74, 6) is 3.50. The molecule has 4 saturated carbocycles. The van der Waals surface area contributed by atoms with E-state index in [1.807, 2.05) is 0 Å². The van der Waals surface area contributed by atoms with Crippen molar-refractivity contribution >= 4 is 27.7 Å². The molecular formula is C25H40BrN3O2. The van der Waals surface area contributed by atoms with Crippen LogP contribution in [0.1, 0.15) is 65.2 Å². The maximum absolute atomic E-state index is 13.3. The van der Waals surface area contributed by atoms with Crippen molar-refractivity contribution in [3.63, 3.8) is 0 Å². The summed E-state index contributed by atoms with van der Waals surface area (Å²) >= 11 is 4.08. The Hall–Kier alpha value is -0.620. The molecule has 6 rings (SSSR count). The first kappa shape index (κ1) is 22.2. The maximum atomic E-state index is 13.3. The maximum Gasteiger partial charge on any atom is 0.236 e. The van der Waals surface area contributed by atoms with E-state index in [0.717, 1.165) is 57.5 Å². The van der Waals surface area contributed by atoms with Gasteiger partial charge in [0.15, 0.2) is 0 Å². The predicted molar refractivity (Wildman–Crippen MR) is 126 cm³/mol. The van der Waals surface area contributed by atoms with Crippen molar-refractivity contribution in [1.82, 2.24) is 14.7 Å². The summed E-state index contributed by atoms with van der Waals surface area (Å²) in [6.45, 7) is 10.0. The smallest absolute Gasteiger partial charge is 0.236 e. The van der Waals surface area contributed by atoms with Crippen molar-refractivity contribution in [3.8, 4) is 0 Å². The Kier molecular flexibility index (Phi) is 5.94. The summed E-state index contributed by atoms with van der Waals surface area (Å²) in [5.41, 5.74) is 0.249. The van der Waals surface area contributed by atoms with E-state index < -0.39 is 0 Å². The molecular weight excluding hydrogens is 454 g/mol. The summed E-state index contributed by atoms with van der Waals surface area (Å²) < 4.78 is 0.319. The Bertz CT molecular complexity index is 696. The molecule has 2 aliphatic heterocycles. The summed E-state index contributed by atoms with van der Waals surface area (Å²) in [4.78, 5) is 32.5. The normalized spacial score (nSPS) is 42.8. The number of rotatable bonds is 4. The molecule has 0 N–H and O–H groups in total. The van der Waals surface area contributed by atoms with Crippen LogP contribution in [-0.4, -0.2) is 76.7 Å². The van der Waals surface area contributed by atoms with Crippen LogP contribution in [0.2, 0.25) is 0 Å². The van der Waals surface area contributed by atoms with E-state index in [9.17, 15) is 9.59 Å². The number of nitrogens with zero attached hydrogens (tertiary/aromatic N) is 3. The third-order valence-corrected chi connectivity index (χ3v) is 9.87. The summed E-state index contributed by atoms with van der Waals surface area (Å²) in [7, 11) is 0. The molecule has 6 fully saturated rings. The highest BCUT2D eigenvalue weighted by Gasteiger charge is 2.57. The second kappa shape index (κ2) is 8.30. The fraction of sp³-hybridized carbons (Fsp3) is 0.920. The zero-order valence-electron chi connectivity index (χ0n) is 19.5. The van der Waals surface area contributed by atoms with Gasteiger partial charge in [-0.2, -0.15) is 0 Å². The van der Waals surface area contributed by atoms with Crippen LogP contribution < -0.4 is 0 Å². The van der Waals surface area contributed by atoms with Crippen LogP contribution in [0.25, 0.3) is 0 Å². The number of carbonyl (C=O) groups is 2. The minimum atomic E-state index is 0.249. The van der Waals surface area contributed by atoms with Crippen LogP contribution in [0.4, 0.5) is 0 Å². The Labute approximate surface area is 196 Å². The van der Waals surface area contributed by atoms with E-state index in [-0.39, 0.29) is 11.3 Å². The van der Waals surface area contributed by atoms with Crippen molar-refractivity contribution in [3.05, 3.63) is 0 Å². The number of hydrogen-bond donors (Lipinski definition) is 0. The van der Waals surface area contributed by atoms with Crippen LogP contribution in [0.5, 0.6) is 0 Å². The van der Waals surface area contributed by atoms with Gasteiger partial charge in [-0.3, -0.25) is 14.5 Å². The van der Waals surface area contributed by atoms with E-state index in [0.29, 0.717) is 28.6 Å². The number of amides is 2. The highest BCUT2D eigenvalue weighted by Crippen LogP contribution is 2.65. The number of piperidine rings is 1. The van der Waals surface area contributed by atoms with Crippen LogP contribution in [0, 0.1) is 29.1 Å². The van der Waals surface area contributed by atoms with Gasteiger partial charge in [0.25, 0.3) is 0 Å². The molecule has 5 nitrogen and oxygen atoms in total. The Morgan fingerprint density at radius 2 is 1.45 bits per heavy atom. The minimum Gasteiger partial charge on any atom is -0.341 e. The standard InChI is InChI=1S/C25H40BrN3O2/c1-18-7-19(2)15-29(14-18)23(31)16-27-3-5-28(6-4-27)22(30)13-24-9-20-8-21(10-24)12-25(26,11-20)17-24/h18-21H,3-17H2,1-2H3. The van der Waals surface area contributed by atoms with Gasteiger partial charge in [-0.15, -0.1) is 0 Å². The van der Waals surface area contributed by atoms with E-state index in [4.69, 9.17) is 0 Å². The van der Waals surface area contributed by atoms with Crippen molar-refractivity contribution in [1.29, 1.82) is 0 Å². The topological polar surface area (TPSA) is 43.9 Å². The zero-order chi connectivity index (χ0) is 21.8. The molecule has 4 atom stereocenters. The molecule has 0 aromatic heterocycles. The summed E-state index contributed by atoms with van der Waals surface area (Å²) in [6, 6.07) is 0. The van der Waals surface area contributed by atoms with E-state index >= 15 is 0 Å². The van der Waals surface area contributed by atoms with Crippen molar-refractivity contribution < 1.29 is 9.59 Å². The number of carbonyl (C=O) groups excluding carboxylic acids is 2. The number of likely N-dealkylation sites (tertiary alicyclic amines) is 1. The molecule has 174 valence electrons. The molecule has 0 aromatic rings. The highest BCUT2D eigenvalue weighted by molar-refractivity contribution is 9.10. The largest absolute Gasteiger partial charge is 0.341 e. The van der Waals surface area contributed by atoms with E-state index in [1.165, 1.54) is 44.9 Å². The lowest BCUT2D eigenvalue weighted by Crippen LogP contribution is -2.56. The molecule has 6 heteroatoms. The van der Waals surface area contributed by atoms with Crippen molar-refractivity contribution in [2.45, 2.75) is 69.5 Å². The minimum absolute atomic E-state index is 0.249. The Morgan fingerprint density at radius 1 is 0.839 bits per heavy atom. The van der Waals surface area contributed by atoms with Gasteiger partial charge in [0, 0.05) is 50.0 Å². The van der Waals surface area contributed by atoms with Crippen LogP contribution in [-0.2, 0) is 9.59 Å². The quantitative estimate of drug-likeness (QED) is 0.560. The molecule has 0 spiro atoms. The van der Waals surface area contributed by atoms with Gasteiger partial charge in [0.1, 0.15) is 0 Å². The van der Waals surface area contributed by atoms with Gasteiger partial charge < -0.3 is 9.80 Å². The molecule has 6 aliphatic rings. The van der Waals surface area contributed by atoms with Gasteiger partial charge >= 0.3 is 0 Å².